The smallest absolute Gasteiger partial charge is 0.246 e. The molecule has 19 heavy (non-hydrogen) atoms. The van der Waals surface area contributed by atoms with Crippen molar-refractivity contribution in [3.05, 3.63) is 35.9 Å². The first kappa shape index (κ1) is 15.2. The van der Waals surface area contributed by atoms with Crippen LogP contribution in [0.4, 0.5) is 0 Å². The van der Waals surface area contributed by atoms with E-state index in [-0.39, 0.29) is 32.2 Å². The van der Waals surface area contributed by atoms with E-state index in [0.29, 0.717) is 0 Å². The quantitative estimate of drug-likeness (QED) is 0.705. The molecule has 0 aliphatic rings. The van der Waals surface area contributed by atoms with Crippen LogP contribution < -0.4 is 4.74 Å². The minimum Gasteiger partial charge on any atom is -0.497 e. The average molecular weight is 265 g/mol. The zero-order valence-electron chi connectivity index (χ0n) is 11.0. The highest BCUT2D eigenvalue weighted by molar-refractivity contribution is 5.91. The van der Waals surface area contributed by atoms with Gasteiger partial charge in [0.1, 0.15) is 5.75 Å². The molecule has 0 spiro atoms. The van der Waals surface area contributed by atoms with Crippen LogP contribution in [0.1, 0.15) is 5.56 Å². The number of carbonyl (C=O) groups is 1. The molecule has 0 unspecified atom stereocenters. The van der Waals surface area contributed by atoms with E-state index in [9.17, 15) is 4.79 Å². The van der Waals surface area contributed by atoms with Gasteiger partial charge in [-0.2, -0.15) is 0 Å². The summed E-state index contributed by atoms with van der Waals surface area (Å²) in [6, 6.07) is 7.33. The van der Waals surface area contributed by atoms with Gasteiger partial charge in [-0.25, -0.2) is 0 Å². The van der Waals surface area contributed by atoms with E-state index in [1.54, 1.807) is 13.2 Å². The molecule has 5 nitrogen and oxygen atoms in total. The van der Waals surface area contributed by atoms with Crippen LogP contribution >= 0.6 is 0 Å². The first-order valence-corrected chi connectivity index (χ1v) is 6.04. The number of ether oxygens (including phenoxy) is 1. The summed E-state index contributed by atoms with van der Waals surface area (Å²) in [6.07, 6.45) is 3.09. The van der Waals surface area contributed by atoms with Crippen LogP contribution in [0.15, 0.2) is 30.3 Å². The Morgan fingerprint density at radius 2 is 2.00 bits per heavy atom. The van der Waals surface area contributed by atoms with Gasteiger partial charge in [0.2, 0.25) is 5.91 Å². The number of rotatable bonds is 7. The van der Waals surface area contributed by atoms with Crippen LogP contribution in [0.25, 0.3) is 6.08 Å². The molecule has 0 atom stereocenters. The highest BCUT2D eigenvalue weighted by Gasteiger charge is 2.08. The molecule has 0 saturated heterocycles. The Balaban J connectivity index is 2.70. The summed E-state index contributed by atoms with van der Waals surface area (Å²) in [4.78, 5) is 13.2. The van der Waals surface area contributed by atoms with Crippen molar-refractivity contribution in [3.63, 3.8) is 0 Å². The Bertz CT molecular complexity index is 425. The maximum atomic E-state index is 11.8. The number of hydrogen-bond acceptors (Lipinski definition) is 4. The zero-order chi connectivity index (χ0) is 14.1. The molecule has 2 N–H and O–H groups in total. The molecular formula is C14H19NO4. The molecule has 0 aliphatic heterocycles. The maximum Gasteiger partial charge on any atom is 0.246 e. The molecule has 0 radical (unpaired) electrons. The molecule has 1 aromatic rings. The Hall–Kier alpha value is -1.85. The minimum atomic E-state index is -0.245. The molecule has 1 amide bonds. The van der Waals surface area contributed by atoms with Gasteiger partial charge < -0.3 is 19.8 Å². The number of hydrogen-bond donors (Lipinski definition) is 2. The second-order valence-corrected chi connectivity index (χ2v) is 3.88. The van der Waals surface area contributed by atoms with Gasteiger partial charge in [-0.15, -0.1) is 0 Å². The Morgan fingerprint density at radius 1 is 1.32 bits per heavy atom. The van der Waals surface area contributed by atoms with Crippen molar-refractivity contribution in [3.8, 4) is 5.75 Å². The molecule has 0 aromatic heterocycles. The van der Waals surface area contributed by atoms with E-state index in [0.717, 1.165) is 11.3 Å². The lowest BCUT2D eigenvalue weighted by atomic mass is 10.2. The van der Waals surface area contributed by atoms with E-state index in [2.05, 4.69) is 0 Å². The first-order valence-electron chi connectivity index (χ1n) is 6.04. The first-order chi connectivity index (χ1) is 9.21. The van der Waals surface area contributed by atoms with Crippen molar-refractivity contribution >= 4 is 12.0 Å². The summed E-state index contributed by atoms with van der Waals surface area (Å²) in [5.41, 5.74) is 0.848. The lowest BCUT2D eigenvalue weighted by Crippen LogP contribution is -2.34. The fourth-order valence-electron chi connectivity index (χ4n) is 1.59. The van der Waals surface area contributed by atoms with E-state index >= 15 is 0 Å². The molecule has 1 aromatic carbocycles. The SMILES string of the molecule is COc1cccc(/C=C/C(=O)N(CCO)CCO)c1. The molecule has 0 aliphatic carbocycles. The molecule has 1 rings (SSSR count). The van der Waals surface area contributed by atoms with E-state index in [1.165, 1.54) is 11.0 Å². The van der Waals surface area contributed by atoms with Gasteiger partial charge in [-0.1, -0.05) is 12.1 Å². The van der Waals surface area contributed by atoms with Gasteiger partial charge in [0, 0.05) is 19.2 Å². The third kappa shape index (κ3) is 5.11. The topological polar surface area (TPSA) is 70.0 Å². The van der Waals surface area contributed by atoms with Crippen molar-refractivity contribution in [2.24, 2.45) is 0 Å². The maximum absolute atomic E-state index is 11.8. The standard InChI is InChI=1S/C14H19NO4/c1-19-13-4-2-3-12(11-13)5-6-14(18)15(7-9-16)8-10-17/h2-6,11,16-17H,7-10H2,1H3/b6-5+. The monoisotopic (exact) mass is 265 g/mol. The number of benzene rings is 1. The summed E-state index contributed by atoms with van der Waals surface area (Å²) in [6.45, 7) is 0.168. The third-order valence-electron chi connectivity index (χ3n) is 2.56. The van der Waals surface area contributed by atoms with Crippen LogP contribution in [0.2, 0.25) is 0 Å². The van der Waals surface area contributed by atoms with Crippen molar-refractivity contribution in [2.45, 2.75) is 0 Å². The predicted molar refractivity (Wildman–Crippen MR) is 72.8 cm³/mol. The number of carbonyl (C=O) groups excluding carboxylic acids is 1. The molecular weight excluding hydrogens is 246 g/mol. The number of aliphatic hydroxyl groups excluding tert-OH is 2. The summed E-state index contributed by atoms with van der Waals surface area (Å²) in [5.74, 6) is 0.475. The minimum absolute atomic E-state index is 0.126. The lowest BCUT2D eigenvalue weighted by Gasteiger charge is -2.18. The molecule has 0 heterocycles. The Morgan fingerprint density at radius 3 is 2.58 bits per heavy atom. The molecule has 104 valence electrons. The van der Waals surface area contributed by atoms with Gasteiger partial charge in [-0.05, 0) is 23.8 Å². The van der Waals surface area contributed by atoms with Crippen LogP contribution in [0, 0.1) is 0 Å². The Kier molecular flexibility index (Phi) is 6.63. The Labute approximate surface area is 112 Å². The van der Waals surface area contributed by atoms with Crippen molar-refractivity contribution in [2.75, 3.05) is 33.4 Å². The fourth-order valence-corrected chi connectivity index (χ4v) is 1.59. The number of nitrogens with zero attached hydrogens (tertiary/aromatic N) is 1. The average Bonchev–Trinajstić information content (AvgIpc) is 2.44. The molecule has 0 bridgehead atoms. The van der Waals surface area contributed by atoms with Crippen LogP contribution in [-0.4, -0.2) is 54.4 Å². The molecule has 0 fully saturated rings. The van der Waals surface area contributed by atoms with Crippen molar-refractivity contribution in [1.82, 2.24) is 4.90 Å². The van der Waals surface area contributed by atoms with Gasteiger partial charge in [0.15, 0.2) is 0 Å². The zero-order valence-corrected chi connectivity index (χ0v) is 11.0. The molecule has 0 saturated carbocycles. The highest BCUT2D eigenvalue weighted by atomic mass is 16.5. The van der Waals surface area contributed by atoms with E-state index < -0.39 is 0 Å². The number of aliphatic hydroxyl groups is 2. The lowest BCUT2D eigenvalue weighted by molar-refractivity contribution is -0.126. The van der Waals surface area contributed by atoms with Gasteiger partial charge in [0.05, 0.1) is 20.3 Å². The fraction of sp³-hybridized carbons (Fsp3) is 0.357. The number of amides is 1. The highest BCUT2D eigenvalue weighted by Crippen LogP contribution is 2.13. The van der Waals surface area contributed by atoms with Gasteiger partial charge in [-0.3, -0.25) is 4.79 Å². The number of methoxy groups -OCH3 is 1. The second-order valence-electron chi connectivity index (χ2n) is 3.88. The normalized spacial score (nSPS) is 10.7. The summed E-state index contributed by atoms with van der Waals surface area (Å²) in [7, 11) is 1.58. The van der Waals surface area contributed by atoms with E-state index in [1.807, 2.05) is 24.3 Å². The van der Waals surface area contributed by atoms with Crippen LogP contribution in [-0.2, 0) is 4.79 Å². The third-order valence-corrected chi connectivity index (χ3v) is 2.56. The predicted octanol–water partition coefficient (Wildman–Crippen LogP) is 0.522. The van der Waals surface area contributed by atoms with Gasteiger partial charge in [0.25, 0.3) is 0 Å². The largest absolute Gasteiger partial charge is 0.497 e. The summed E-state index contributed by atoms with van der Waals surface area (Å²) in [5, 5.41) is 17.7. The van der Waals surface area contributed by atoms with E-state index in [4.69, 9.17) is 14.9 Å². The second kappa shape index (κ2) is 8.29. The van der Waals surface area contributed by atoms with Crippen LogP contribution in [0.3, 0.4) is 0 Å². The summed E-state index contributed by atoms with van der Waals surface area (Å²) >= 11 is 0. The van der Waals surface area contributed by atoms with Crippen molar-refractivity contribution in [1.29, 1.82) is 0 Å². The van der Waals surface area contributed by atoms with Crippen molar-refractivity contribution < 1.29 is 19.7 Å². The van der Waals surface area contributed by atoms with Crippen LogP contribution in [0.5, 0.6) is 5.75 Å². The summed E-state index contributed by atoms with van der Waals surface area (Å²) < 4.78 is 5.09. The van der Waals surface area contributed by atoms with Gasteiger partial charge >= 0.3 is 0 Å². The molecule has 5 heteroatoms.